The molecule has 0 radical (unpaired) electrons. The number of aliphatic imine (C=N–C) groups is 1. The first-order valence-electron chi connectivity index (χ1n) is 10.5. The van der Waals surface area contributed by atoms with E-state index in [0.717, 1.165) is 0 Å². The Labute approximate surface area is 195 Å². The molecule has 0 aromatic heterocycles. The molecule has 0 aliphatic carbocycles. The van der Waals surface area contributed by atoms with Crippen molar-refractivity contribution >= 4 is 29.5 Å². The second-order valence-electron chi connectivity index (χ2n) is 7.80. The van der Waals surface area contributed by atoms with Gasteiger partial charge in [-0.2, -0.15) is 0 Å². The number of rotatable bonds is 8. The number of nitrogens with zero attached hydrogens (tertiary/aromatic N) is 4. The van der Waals surface area contributed by atoms with E-state index in [4.69, 9.17) is 4.74 Å². The number of nitro groups is 1. The lowest BCUT2D eigenvalue weighted by atomic mass is 9.86. The molecule has 0 spiro atoms. The number of carbonyl (C=O) groups excluding carboxylic acids is 2. The summed E-state index contributed by atoms with van der Waals surface area (Å²) < 4.78 is 5.27. The van der Waals surface area contributed by atoms with Crippen LogP contribution in [0.3, 0.4) is 0 Å². The van der Waals surface area contributed by atoms with Crippen molar-refractivity contribution < 1.29 is 29.2 Å². The van der Waals surface area contributed by atoms with Crippen molar-refractivity contribution in [3.8, 4) is 5.75 Å². The van der Waals surface area contributed by atoms with Crippen LogP contribution in [0.1, 0.15) is 24.9 Å². The number of carboxylic acids is 1. The second kappa shape index (κ2) is 10.6. The predicted octanol–water partition coefficient (Wildman–Crippen LogP) is 3.75. The molecule has 11 heteroatoms. The highest BCUT2D eigenvalue weighted by Gasteiger charge is 2.42. The van der Waals surface area contributed by atoms with Crippen LogP contribution >= 0.6 is 0 Å². The normalized spacial score (nSPS) is 17.6. The Hall–Kier alpha value is -4.28. The van der Waals surface area contributed by atoms with Crippen molar-refractivity contribution in [1.82, 2.24) is 9.80 Å². The van der Waals surface area contributed by atoms with Gasteiger partial charge in [-0.15, -0.1) is 0 Å². The quantitative estimate of drug-likeness (QED) is 0.459. The van der Waals surface area contributed by atoms with E-state index in [1.54, 1.807) is 43.4 Å². The molecule has 1 aliphatic heterocycles. The van der Waals surface area contributed by atoms with Gasteiger partial charge < -0.3 is 19.6 Å². The first-order chi connectivity index (χ1) is 16.2. The van der Waals surface area contributed by atoms with E-state index in [1.165, 1.54) is 34.9 Å². The van der Waals surface area contributed by atoms with Crippen LogP contribution in [-0.2, 0) is 4.79 Å². The average Bonchev–Trinajstić information content (AvgIpc) is 2.80. The number of benzene rings is 2. The number of hydrogen-bond donors (Lipinski definition) is 1. The molecule has 1 N–H and O–H groups in total. The van der Waals surface area contributed by atoms with Gasteiger partial charge in [0.25, 0.3) is 5.69 Å². The molecule has 2 aromatic rings. The fourth-order valence-electron chi connectivity index (χ4n) is 3.79. The summed E-state index contributed by atoms with van der Waals surface area (Å²) in [6.45, 7) is 1.75. The van der Waals surface area contributed by atoms with Crippen LogP contribution in [0.25, 0.3) is 0 Å². The number of amides is 3. The van der Waals surface area contributed by atoms with Gasteiger partial charge in [0.2, 0.25) is 0 Å². The van der Waals surface area contributed by atoms with Crippen LogP contribution in [0.2, 0.25) is 0 Å². The van der Waals surface area contributed by atoms with Crippen molar-refractivity contribution in [3.63, 3.8) is 0 Å². The van der Waals surface area contributed by atoms with E-state index in [2.05, 4.69) is 4.99 Å². The Morgan fingerprint density at radius 2 is 1.91 bits per heavy atom. The number of hydrogen-bond acceptors (Lipinski definition) is 6. The lowest BCUT2D eigenvalue weighted by Crippen LogP contribution is -2.47. The highest BCUT2D eigenvalue weighted by Crippen LogP contribution is 2.35. The SMILES string of the molecule is CC1=NC(=O)N(CCCN(C)C(=O)Oc2ccccc2)C(c2cccc([N+](=O)[O-])c2)C1C(=O)O. The summed E-state index contributed by atoms with van der Waals surface area (Å²) in [5, 5.41) is 21.1. The molecule has 3 rings (SSSR count). The number of non-ortho nitro benzene ring substituents is 1. The molecule has 0 saturated heterocycles. The van der Waals surface area contributed by atoms with Crippen molar-refractivity contribution in [2.45, 2.75) is 19.4 Å². The lowest BCUT2D eigenvalue weighted by molar-refractivity contribution is -0.385. The molecule has 2 aromatic carbocycles. The summed E-state index contributed by atoms with van der Waals surface area (Å²) >= 11 is 0. The highest BCUT2D eigenvalue weighted by atomic mass is 16.6. The number of aliphatic carboxylic acids is 1. The van der Waals surface area contributed by atoms with E-state index in [-0.39, 0.29) is 24.5 Å². The third kappa shape index (κ3) is 5.55. The third-order valence-electron chi connectivity index (χ3n) is 5.46. The van der Waals surface area contributed by atoms with Crippen molar-refractivity contribution in [2.24, 2.45) is 10.9 Å². The van der Waals surface area contributed by atoms with Crippen LogP contribution in [0.5, 0.6) is 5.75 Å². The topological polar surface area (TPSA) is 143 Å². The molecule has 11 nitrogen and oxygen atoms in total. The Morgan fingerprint density at radius 3 is 2.56 bits per heavy atom. The summed E-state index contributed by atoms with van der Waals surface area (Å²) in [6.07, 6.45) is -0.276. The Kier molecular flexibility index (Phi) is 7.57. The summed E-state index contributed by atoms with van der Waals surface area (Å²) in [6, 6.07) is 12.5. The minimum atomic E-state index is -1.20. The highest BCUT2D eigenvalue weighted by molar-refractivity contribution is 6.07. The summed E-state index contributed by atoms with van der Waals surface area (Å²) in [7, 11) is 1.55. The molecule has 1 heterocycles. The van der Waals surface area contributed by atoms with Crippen LogP contribution < -0.4 is 4.74 Å². The van der Waals surface area contributed by atoms with E-state index in [1.807, 2.05) is 0 Å². The standard InChI is InChI=1S/C23H24N4O7/c1-15-19(21(28)29)20(16-8-6-9-17(14-16)27(32)33)26(22(30)24-15)13-7-12-25(2)23(31)34-18-10-4-3-5-11-18/h3-6,8-11,14,19-20H,7,12-13H2,1-2H3,(H,28,29). The van der Waals surface area contributed by atoms with Crippen molar-refractivity contribution in [2.75, 3.05) is 20.1 Å². The van der Waals surface area contributed by atoms with Crippen LogP contribution in [0, 0.1) is 16.0 Å². The zero-order valence-corrected chi connectivity index (χ0v) is 18.7. The van der Waals surface area contributed by atoms with Gasteiger partial charge in [-0.3, -0.25) is 14.9 Å². The van der Waals surface area contributed by atoms with Gasteiger partial charge in [-0.25, -0.2) is 14.6 Å². The van der Waals surface area contributed by atoms with Gasteiger partial charge in [0, 0.05) is 38.0 Å². The van der Waals surface area contributed by atoms with Gasteiger partial charge in [0.1, 0.15) is 11.7 Å². The van der Waals surface area contributed by atoms with Crippen LogP contribution in [0.4, 0.5) is 15.3 Å². The van der Waals surface area contributed by atoms with Crippen molar-refractivity contribution in [1.29, 1.82) is 0 Å². The Bertz CT molecular complexity index is 1120. The third-order valence-corrected chi connectivity index (χ3v) is 5.46. The second-order valence-corrected chi connectivity index (χ2v) is 7.80. The summed E-state index contributed by atoms with van der Waals surface area (Å²) in [4.78, 5) is 54.2. The fourth-order valence-corrected chi connectivity index (χ4v) is 3.79. The maximum atomic E-state index is 12.7. The number of carboxylic acid groups (broad SMARTS) is 1. The molecule has 0 saturated carbocycles. The number of urea groups is 1. The molecule has 1 aliphatic rings. The molecular formula is C23H24N4O7. The minimum Gasteiger partial charge on any atom is -0.481 e. The number of ether oxygens (including phenoxy) is 1. The zero-order valence-electron chi connectivity index (χ0n) is 18.7. The maximum Gasteiger partial charge on any atom is 0.414 e. The Balaban J connectivity index is 1.77. The van der Waals surface area contributed by atoms with Gasteiger partial charge in [0.05, 0.1) is 11.0 Å². The Morgan fingerprint density at radius 1 is 1.21 bits per heavy atom. The maximum absolute atomic E-state index is 12.7. The lowest BCUT2D eigenvalue weighted by Gasteiger charge is -2.38. The molecule has 3 amide bonds. The first-order valence-corrected chi connectivity index (χ1v) is 10.5. The van der Waals surface area contributed by atoms with Crippen LogP contribution in [-0.4, -0.2) is 63.8 Å². The van der Waals surface area contributed by atoms with Gasteiger partial charge in [-0.1, -0.05) is 30.3 Å². The van der Waals surface area contributed by atoms with Crippen molar-refractivity contribution in [3.05, 3.63) is 70.3 Å². The van der Waals surface area contributed by atoms with Crippen LogP contribution in [0.15, 0.2) is 59.6 Å². The van der Waals surface area contributed by atoms with Gasteiger partial charge >= 0.3 is 18.1 Å². The number of para-hydroxylation sites is 1. The largest absolute Gasteiger partial charge is 0.481 e. The molecule has 0 fully saturated rings. The van der Waals surface area contributed by atoms with E-state index >= 15 is 0 Å². The number of nitro benzene ring substituents is 1. The molecule has 178 valence electrons. The molecule has 0 bridgehead atoms. The van der Waals surface area contributed by atoms with Gasteiger partial charge in [-0.05, 0) is 31.0 Å². The molecule has 34 heavy (non-hydrogen) atoms. The van der Waals surface area contributed by atoms with E-state index < -0.39 is 35.0 Å². The molecular weight excluding hydrogens is 444 g/mol. The zero-order chi connectivity index (χ0) is 24.8. The average molecular weight is 468 g/mol. The predicted molar refractivity (Wildman–Crippen MR) is 122 cm³/mol. The smallest absolute Gasteiger partial charge is 0.414 e. The molecule has 2 atom stereocenters. The van der Waals surface area contributed by atoms with E-state index in [0.29, 0.717) is 17.7 Å². The van der Waals surface area contributed by atoms with E-state index in [9.17, 15) is 29.6 Å². The number of carbonyl (C=O) groups is 3. The molecule has 2 unspecified atom stereocenters. The monoisotopic (exact) mass is 468 g/mol. The fraction of sp³-hybridized carbons (Fsp3) is 0.304. The summed E-state index contributed by atoms with van der Waals surface area (Å²) in [5.41, 5.74) is 0.229. The van der Waals surface area contributed by atoms with Gasteiger partial charge in [0.15, 0.2) is 0 Å². The first kappa shape index (κ1) is 24.4. The summed E-state index contributed by atoms with van der Waals surface area (Å²) in [5.74, 6) is -1.97. The minimum absolute atomic E-state index is 0.0791.